The second-order valence-corrected chi connectivity index (χ2v) is 3.40. The fraction of sp³-hybridized carbons (Fsp3) is 0.455. The summed E-state index contributed by atoms with van der Waals surface area (Å²) in [7, 11) is 1.42. The lowest BCUT2D eigenvalue weighted by atomic mass is 10.2. The van der Waals surface area contributed by atoms with Crippen LogP contribution in [0.4, 0.5) is 13.2 Å². The standard InChI is InChI=1S/C11H14F3NO2/c1-16-10-6-8(7-15)2-3-9(10)17-5-4-11(12,13)14/h2-3,6H,4-5,7,15H2,1H3. The van der Waals surface area contributed by atoms with Gasteiger partial charge in [-0.2, -0.15) is 13.2 Å². The zero-order chi connectivity index (χ0) is 12.9. The molecule has 0 aliphatic heterocycles. The molecule has 3 nitrogen and oxygen atoms in total. The minimum Gasteiger partial charge on any atom is -0.493 e. The second kappa shape index (κ2) is 5.77. The van der Waals surface area contributed by atoms with Crippen LogP contribution in [-0.4, -0.2) is 19.9 Å². The third-order valence-electron chi connectivity index (χ3n) is 2.11. The zero-order valence-electron chi connectivity index (χ0n) is 9.38. The molecule has 1 aromatic carbocycles. The van der Waals surface area contributed by atoms with Crippen molar-refractivity contribution in [3.8, 4) is 11.5 Å². The van der Waals surface area contributed by atoms with Gasteiger partial charge in [-0.25, -0.2) is 0 Å². The lowest BCUT2D eigenvalue weighted by Gasteiger charge is -2.12. The van der Waals surface area contributed by atoms with Crippen LogP contribution in [0.2, 0.25) is 0 Å². The molecular formula is C11H14F3NO2. The largest absolute Gasteiger partial charge is 0.493 e. The van der Waals surface area contributed by atoms with Crippen molar-refractivity contribution in [3.63, 3.8) is 0 Å². The Morgan fingerprint density at radius 3 is 2.47 bits per heavy atom. The van der Waals surface area contributed by atoms with E-state index in [-0.39, 0.29) is 5.75 Å². The number of halogens is 3. The maximum absolute atomic E-state index is 11.9. The van der Waals surface area contributed by atoms with Gasteiger partial charge in [0.15, 0.2) is 11.5 Å². The number of alkyl halides is 3. The lowest BCUT2D eigenvalue weighted by molar-refractivity contribution is -0.139. The molecule has 0 aromatic heterocycles. The number of rotatable bonds is 5. The first-order valence-corrected chi connectivity index (χ1v) is 5.03. The van der Waals surface area contributed by atoms with Gasteiger partial charge in [-0.15, -0.1) is 0 Å². The Kier molecular flexibility index (Phi) is 4.62. The lowest BCUT2D eigenvalue weighted by Crippen LogP contribution is -2.13. The fourth-order valence-corrected chi connectivity index (χ4v) is 1.23. The summed E-state index contributed by atoms with van der Waals surface area (Å²) in [5.41, 5.74) is 6.26. The molecule has 0 radical (unpaired) electrons. The molecule has 0 aliphatic rings. The Bertz CT molecular complexity index is 366. The first-order valence-electron chi connectivity index (χ1n) is 5.03. The van der Waals surface area contributed by atoms with Gasteiger partial charge in [0, 0.05) is 6.54 Å². The summed E-state index contributed by atoms with van der Waals surface area (Å²) in [5, 5.41) is 0. The Balaban J connectivity index is 2.64. The molecule has 0 saturated heterocycles. The van der Waals surface area contributed by atoms with E-state index in [1.807, 2.05) is 0 Å². The number of nitrogens with two attached hydrogens (primary N) is 1. The fourth-order valence-electron chi connectivity index (χ4n) is 1.23. The summed E-state index contributed by atoms with van der Waals surface area (Å²) in [5.74, 6) is 0.670. The van der Waals surface area contributed by atoms with Crippen molar-refractivity contribution in [3.05, 3.63) is 23.8 Å². The van der Waals surface area contributed by atoms with Crippen molar-refractivity contribution < 1.29 is 22.6 Å². The van der Waals surface area contributed by atoms with Gasteiger partial charge in [0.05, 0.1) is 20.1 Å². The highest BCUT2D eigenvalue weighted by Crippen LogP contribution is 2.29. The monoisotopic (exact) mass is 249 g/mol. The Labute approximate surface area is 97.3 Å². The molecular weight excluding hydrogens is 235 g/mol. The second-order valence-electron chi connectivity index (χ2n) is 3.40. The van der Waals surface area contributed by atoms with Gasteiger partial charge in [0.2, 0.25) is 0 Å². The van der Waals surface area contributed by atoms with Crippen molar-refractivity contribution in [1.82, 2.24) is 0 Å². The molecule has 0 amide bonds. The molecule has 96 valence electrons. The van der Waals surface area contributed by atoms with E-state index < -0.39 is 19.2 Å². The molecule has 0 spiro atoms. The summed E-state index contributed by atoms with van der Waals surface area (Å²) in [6.07, 6.45) is -5.21. The van der Waals surface area contributed by atoms with Gasteiger partial charge in [-0.3, -0.25) is 0 Å². The molecule has 0 aliphatic carbocycles. The van der Waals surface area contributed by atoms with Crippen LogP contribution >= 0.6 is 0 Å². The van der Waals surface area contributed by atoms with Crippen LogP contribution in [0, 0.1) is 0 Å². The number of methoxy groups -OCH3 is 1. The Hall–Kier alpha value is -1.43. The average molecular weight is 249 g/mol. The van der Waals surface area contributed by atoms with Gasteiger partial charge in [-0.05, 0) is 17.7 Å². The SMILES string of the molecule is COc1cc(CN)ccc1OCCC(F)(F)F. The smallest absolute Gasteiger partial charge is 0.392 e. The third kappa shape index (κ3) is 4.52. The highest BCUT2D eigenvalue weighted by Gasteiger charge is 2.27. The van der Waals surface area contributed by atoms with Crippen molar-refractivity contribution in [1.29, 1.82) is 0 Å². The summed E-state index contributed by atoms with van der Waals surface area (Å²) in [4.78, 5) is 0. The van der Waals surface area contributed by atoms with Crippen LogP contribution in [-0.2, 0) is 6.54 Å². The van der Waals surface area contributed by atoms with E-state index >= 15 is 0 Å². The van der Waals surface area contributed by atoms with Gasteiger partial charge in [0.1, 0.15) is 0 Å². The van der Waals surface area contributed by atoms with Gasteiger partial charge >= 0.3 is 6.18 Å². The van der Waals surface area contributed by atoms with Gasteiger partial charge in [0.25, 0.3) is 0 Å². The van der Waals surface area contributed by atoms with E-state index in [9.17, 15) is 13.2 Å². The van der Waals surface area contributed by atoms with Crippen LogP contribution in [0.15, 0.2) is 18.2 Å². The van der Waals surface area contributed by atoms with Crippen LogP contribution in [0.1, 0.15) is 12.0 Å². The highest BCUT2D eigenvalue weighted by molar-refractivity contribution is 5.42. The van der Waals surface area contributed by atoms with E-state index in [2.05, 4.69) is 0 Å². The Morgan fingerprint density at radius 1 is 1.24 bits per heavy atom. The molecule has 0 unspecified atom stereocenters. The van der Waals surface area contributed by atoms with E-state index in [0.29, 0.717) is 12.3 Å². The maximum Gasteiger partial charge on any atom is 0.392 e. The predicted molar refractivity (Wildman–Crippen MR) is 57.1 cm³/mol. The average Bonchev–Trinajstić information content (AvgIpc) is 2.27. The van der Waals surface area contributed by atoms with Crippen LogP contribution < -0.4 is 15.2 Å². The molecule has 0 heterocycles. The predicted octanol–water partition coefficient (Wildman–Crippen LogP) is 2.49. The van der Waals surface area contributed by atoms with E-state index in [0.717, 1.165) is 5.56 Å². The molecule has 1 rings (SSSR count). The molecule has 0 saturated carbocycles. The van der Waals surface area contributed by atoms with E-state index in [1.54, 1.807) is 18.2 Å². The van der Waals surface area contributed by atoms with Crippen LogP contribution in [0.3, 0.4) is 0 Å². The van der Waals surface area contributed by atoms with Crippen LogP contribution in [0.5, 0.6) is 11.5 Å². The number of hydrogen-bond acceptors (Lipinski definition) is 3. The zero-order valence-corrected chi connectivity index (χ0v) is 9.38. The summed E-state index contributed by atoms with van der Waals surface area (Å²) >= 11 is 0. The number of hydrogen-bond donors (Lipinski definition) is 1. The van der Waals surface area contributed by atoms with Crippen LogP contribution in [0.25, 0.3) is 0 Å². The summed E-state index contributed by atoms with van der Waals surface area (Å²) in [6.45, 7) is -0.0962. The van der Waals surface area contributed by atoms with E-state index in [1.165, 1.54) is 7.11 Å². The molecule has 0 fully saturated rings. The molecule has 2 N–H and O–H groups in total. The number of benzene rings is 1. The summed E-state index contributed by atoms with van der Waals surface area (Å²) in [6, 6.07) is 4.88. The van der Waals surface area contributed by atoms with Crippen molar-refractivity contribution >= 4 is 0 Å². The molecule has 1 aromatic rings. The quantitative estimate of drug-likeness (QED) is 0.871. The van der Waals surface area contributed by atoms with Gasteiger partial charge < -0.3 is 15.2 Å². The van der Waals surface area contributed by atoms with Crippen molar-refractivity contribution in [2.24, 2.45) is 5.73 Å². The normalized spacial score (nSPS) is 11.4. The molecule has 0 atom stereocenters. The topological polar surface area (TPSA) is 44.5 Å². The molecule has 0 bridgehead atoms. The molecule has 6 heteroatoms. The summed E-state index contributed by atoms with van der Waals surface area (Å²) < 4.78 is 45.8. The van der Waals surface area contributed by atoms with Gasteiger partial charge in [-0.1, -0.05) is 6.07 Å². The number of ether oxygens (including phenoxy) is 2. The minimum atomic E-state index is -4.22. The maximum atomic E-state index is 11.9. The minimum absolute atomic E-state index is 0.286. The highest BCUT2D eigenvalue weighted by atomic mass is 19.4. The first kappa shape index (κ1) is 13.6. The van der Waals surface area contributed by atoms with E-state index in [4.69, 9.17) is 15.2 Å². The van der Waals surface area contributed by atoms with Crippen molar-refractivity contribution in [2.45, 2.75) is 19.1 Å². The molecule has 17 heavy (non-hydrogen) atoms. The third-order valence-corrected chi connectivity index (χ3v) is 2.11. The first-order chi connectivity index (χ1) is 7.96. The Morgan fingerprint density at radius 2 is 1.94 bits per heavy atom. The van der Waals surface area contributed by atoms with Crippen molar-refractivity contribution in [2.75, 3.05) is 13.7 Å².